The molecule has 9 nitrogen and oxygen atoms in total. The molecule has 0 aromatic heterocycles. The predicted octanol–water partition coefficient (Wildman–Crippen LogP) is 2.51. The summed E-state index contributed by atoms with van der Waals surface area (Å²) in [5.41, 5.74) is 1.42. The van der Waals surface area contributed by atoms with Gasteiger partial charge >= 0.3 is 11.9 Å². The van der Waals surface area contributed by atoms with E-state index < -0.39 is 11.9 Å². The molecule has 0 radical (unpaired) electrons. The second-order valence-corrected chi connectivity index (χ2v) is 11.5. The monoisotopic (exact) mass is 524 g/mol. The Morgan fingerprint density at radius 2 is 1.70 bits per heavy atom. The van der Waals surface area contributed by atoms with E-state index in [4.69, 9.17) is 29.3 Å². The van der Waals surface area contributed by atoms with Gasteiger partial charge in [-0.25, -0.2) is 9.59 Å². The van der Waals surface area contributed by atoms with E-state index in [-0.39, 0.29) is 12.7 Å². The highest BCUT2D eigenvalue weighted by molar-refractivity contribution is 9.10. The first-order valence-electron chi connectivity index (χ1n) is 11.2. The molecule has 4 bridgehead atoms. The maximum atomic E-state index is 12.3. The van der Waals surface area contributed by atoms with Crippen molar-refractivity contribution < 1.29 is 34.1 Å². The molecule has 4 fully saturated rings. The molecule has 4 aliphatic carbocycles. The van der Waals surface area contributed by atoms with E-state index in [2.05, 4.69) is 26.6 Å². The number of benzene rings is 1. The van der Waals surface area contributed by atoms with Crippen LogP contribution in [0.15, 0.2) is 18.2 Å². The van der Waals surface area contributed by atoms with Crippen LogP contribution in [-0.4, -0.2) is 52.3 Å². The highest BCUT2D eigenvalue weighted by Gasteiger charge is 2.56. The summed E-state index contributed by atoms with van der Waals surface area (Å²) in [5, 5.41) is 21.2. The predicted molar refractivity (Wildman–Crippen MR) is 121 cm³/mol. The minimum Gasteiger partial charge on any atom is -0.473 e. The van der Waals surface area contributed by atoms with E-state index in [1.54, 1.807) is 0 Å². The third kappa shape index (κ3) is 5.78. The number of carbonyl (C=O) groups is 3. The first-order valence-corrected chi connectivity index (χ1v) is 12.0. The Kier molecular flexibility index (Phi) is 6.86. The Hall–Kier alpha value is -2.33. The molecule has 0 saturated heterocycles. The van der Waals surface area contributed by atoms with Gasteiger partial charge in [0.2, 0.25) is 12.7 Å². The summed E-state index contributed by atoms with van der Waals surface area (Å²) in [4.78, 5) is 30.5. The minimum atomic E-state index is -1.82. The number of carboxylic acid groups (broad SMARTS) is 2. The van der Waals surface area contributed by atoms with Crippen molar-refractivity contribution in [2.24, 2.45) is 17.3 Å². The van der Waals surface area contributed by atoms with Crippen LogP contribution in [0, 0.1) is 17.3 Å². The van der Waals surface area contributed by atoms with Gasteiger partial charge in [0.05, 0.1) is 6.54 Å². The van der Waals surface area contributed by atoms with Gasteiger partial charge in [-0.15, -0.1) is 0 Å². The van der Waals surface area contributed by atoms with Gasteiger partial charge in [-0.1, -0.05) is 22.0 Å². The van der Waals surface area contributed by atoms with E-state index in [0.717, 1.165) is 35.4 Å². The first-order chi connectivity index (χ1) is 15.7. The van der Waals surface area contributed by atoms with Gasteiger partial charge in [0.25, 0.3) is 0 Å². The lowest BCUT2D eigenvalue weighted by Crippen LogP contribution is -2.56. The number of carboxylic acids is 2. The average molecular weight is 525 g/mol. The zero-order valence-corrected chi connectivity index (χ0v) is 19.9. The van der Waals surface area contributed by atoms with E-state index in [1.165, 1.54) is 38.5 Å². The fourth-order valence-corrected chi connectivity index (χ4v) is 7.81. The van der Waals surface area contributed by atoms with Crippen molar-refractivity contribution in [3.8, 4) is 11.5 Å². The number of fused-ring (bicyclic) bond motifs is 1. The highest BCUT2D eigenvalue weighted by atomic mass is 79.9. The number of alkyl halides is 1. The molecule has 0 spiro atoms. The molecule has 6 rings (SSSR count). The molecule has 2 unspecified atom stereocenters. The van der Waals surface area contributed by atoms with E-state index >= 15 is 0 Å². The summed E-state index contributed by atoms with van der Waals surface area (Å²) in [7, 11) is 0. The van der Waals surface area contributed by atoms with Gasteiger partial charge < -0.3 is 30.3 Å². The Balaban J connectivity index is 0.000000385. The number of hydrogen-bond donors (Lipinski definition) is 4. The van der Waals surface area contributed by atoms with Gasteiger partial charge in [0, 0.05) is 17.4 Å². The van der Waals surface area contributed by atoms with Crippen molar-refractivity contribution in [2.75, 3.05) is 19.9 Å². The number of nitrogens with one attached hydrogen (secondary N) is 2. The lowest BCUT2D eigenvalue weighted by Gasteiger charge is -2.60. The summed E-state index contributed by atoms with van der Waals surface area (Å²) in [5.74, 6) is -0.312. The third-order valence-electron chi connectivity index (χ3n) is 7.01. The summed E-state index contributed by atoms with van der Waals surface area (Å²) in [6.45, 7) is 2.13. The van der Waals surface area contributed by atoms with Crippen LogP contribution in [0.3, 0.4) is 0 Å². The number of hydrogen-bond acceptors (Lipinski definition) is 6. The highest BCUT2D eigenvalue weighted by Crippen LogP contribution is 2.64. The number of carbonyl (C=O) groups excluding carboxylic acids is 1. The quantitative estimate of drug-likeness (QED) is 0.329. The van der Waals surface area contributed by atoms with Crippen LogP contribution in [0.4, 0.5) is 0 Å². The van der Waals surface area contributed by atoms with Crippen molar-refractivity contribution >= 4 is 33.8 Å². The third-order valence-corrected chi connectivity index (χ3v) is 7.93. The molecule has 1 aromatic carbocycles. The molecule has 1 aromatic rings. The van der Waals surface area contributed by atoms with Crippen LogP contribution in [0.2, 0.25) is 0 Å². The molecule has 1 heterocycles. The van der Waals surface area contributed by atoms with Crippen molar-refractivity contribution in [3.05, 3.63) is 23.8 Å². The smallest absolute Gasteiger partial charge is 0.414 e. The summed E-state index contributed by atoms with van der Waals surface area (Å²) >= 11 is 4.06. The Bertz CT molecular complexity index is 911. The van der Waals surface area contributed by atoms with E-state index in [9.17, 15) is 4.79 Å². The van der Waals surface area contributed by atoms with E-state index in [1.807, 2.05) is 18.2 Å². The van der Waals surface area contributed by atoms with Crippen LogP contribution in [0.5, 0.6) is 11.5 Å². The topological polar surface area (TPSA) is 134 Å². The maximum Gasteiger partial charge on any atom is 0.414 e. The molecule has 1 amide bonds. The largest absolute Gasteiger partial charge is 0.473 e. The molecule has 1 aliphatic heterocycles. The summed E-state index contributed by atoms with van der Waals surface area (Å²) < 4.78 is 11.1. The van der Waals surface area contributed by atoms with Crippen LogP contribution >= 0.6 is 15.9 Å². The second-order valence-electron chi connectivity index (χ2n) is 9.79. The number of ether oxygens (including phenoxy) is 2. The van der Waals surface area contributed by atoms with Gasteiger partial charge in [0.1, 0.15) is 0 Å². The Labute approximate surface area is 200 Å². The average Bonchev–Trinajstić information content (AvgIpc) is 3.18. The zero-order valence-electron chi connectivity index (χ0n) is 18.3. The first kappa shape index (κ1) is 23.8. The van der Waals surface area contributed by atoms with Crippen molar-refractivity contribution in [3.63, 3.8) is 0 Å². The molecule has 10 heteroatoms. The lowest BCUT2D eigenvalue weighted by atomic mass is 9.49. The number of rotatable bonds is 6. The fraction of sp³-hybridized carbons (Fsp3) is 0.609. The van der Waals surface area contributed by atoms with Crippen LogP contribution < -0.4 is 20.1 Å². The molecular formula is C23H29BrN2O7. The molecular weight excluding hydrogens is 496 g/mol. The number of halogens is 1. The fourth-order valence-electron chi connectivity index (χ4n) is 6.30. The maximum absolute atomic E-state index is 12.3. The Morgan fingerprint density at radius 3 is 2.33 bits per heavy atom. The van der Waals surface area contributed by atoms with Gasteiger partial charge in [-0.2, -0.15) is 0 Å². The number of amides is 1. The SMILES string of the molecule is O=C(CNCC12CC3CC(CC(Br)(C3)C1)C2)NCc1ccc2c(c1)OCO2.O=C(O)C(=O)O. The molecule has 180 valence electrons. The van der Waals surface area contributed by atoms with Gasteiger partial charge in [0.15, 0.2) is 11.5 Å². The summed E-state index contributed by atoms with van der Waals surface area (Å²) in [6, 6.07) is 5.79. The molecule has 33 heavy (non-hydrogen) atoms. The number of aliphatic carboxylic acids is 2. The summed E-state index contributed by atoms with van der Waals surface area (Å²) in [6.07, 6.45) is 8.05. The molecule has 4 N–H and O–H groups in total. The van der Waals surface area contributed by atoms with E-state index in [0.29, 0.717) is 22.8 Å². The molecule has 2 atom stereocenters. The van der Waals surface area contributed by atoms with Crippen molar-refractivity contribution in [1.29, 1.82) is 0 Å². The van der Waals surface area contributed by atoms with Crippen LogP contribution in [-0.2, 0) is 20.9 Å². The molecule has 4 saturated carbocycles. The molecule has 5 aliphatic rings. The normalized spacial score (nSPS) is 30.3. The van der Waals surface area contributed by atoms with Crippen LogP contribution in [0.25, 0.3) is 0 Å². The standard InChI is InChI=1S/C21H27BrN2O3.C2H2O4/c22-21-7-15-3-16(8-21)6-20(5-15,11-21)12-23-10-19(25)24-9-14-1-2-17-18(4-14)27-13-26-17;3-1(4)2(5)6/h1-2,4,15-16,23H,3,5-13H2,(H,24,25);(H,3,4)(H,5,6). The van der Waals surface area contributed by atoms with Crippen LogP contribution in [0.1, 0.15) is 44.1 Å². The van der Waals surface area contributed by atoms with Gasteiger partial charge in [-0.05, 0) is 73.5 Å². The van der Waals surface area contributed by atoms with Gasteiger partial charge in [-0.3, -0.25) is 4.79 Å². The lowest BCUT2D eigenvalue weighted by molar-refractivity contribution is -0.159. The minimum absolute atomic E-state index is 0.0472. The van der Waals surface area contributed by atoms with Crippen molar-refractivity contribution in [1.82, 2.24) is 10.6 Å². The second kappa shape index (κ2) is 9.50. The Morgan fingerprint density at radius 1 is 1.03 bits per heavy atom. The van der Waals surface area contributed by atoms with Crippen molar-refractivity contribution in [2.45, 2.75) is 49.4 Å². The zero-order chi connectivity index (χ0) is 23.6.